The van der Waals surface area contributed by atoms with Gasteiger partial charge in [0.2, 0.25) is 10.0 Å². The second-order valence-corrected chi connectivity index (χ2v) is 6.99. The SMILES string of the molecule is CCCCNC(=O)N1CCC[C@H](CNS(C)(=O)=O)C1. The Balaban J connectivity index is 2.34. The summed E-state index contributed by atoms with van der Waals surface area (Å²) in [7, 11) is -3.15. The summed E-state index contributed by atoms with van der Waals surface area (Å²) in [5.41, 5.74) is 0. The second-order valence-electron chi connectivity index (χ2n) is 5.16. The van der Waals surface area contributed by atoms with Crippen molar-refractivity contribution in [2.24, 2.45) is 5.92 Å². The zero-order valence-corrected chi connectivity index (χ0v) is 12.6. The quantitative estimate of drug-likeness (QED) is 0.709. The summed E-state index contributed by atoms with van der Waals surface area (Å²) in [6, 6.07) is -0.0301. The number of hydrogen-bond acceptors (Lipinski definition) is 3. The van der Waals surface area contributed by atoms with Crippen molar-refractivity contribution >= 4 is 16.1 Å². The molecule has 2 N–H and O–H groups in total. The molecular weight excluding hydrogens is 266 g/mol. The maximum atomic E-state index is 11.9. The molecule has 0 saturated carbocycles. The number of sulfonamides is 1. The summed E-state index contributed by atoms with van der Waals surface area (Å²) in [6.07, 6.45) is 5.09. The predicted molar refractivity (Wildman–Crippen MR) is 75.5 cm³/mol. The van der Waals surface area contributed by atoms with Crippen LogP contribution in [0.25, 0.3) is 0 Å². The monoisotopic (exact) mass is 291 g/mol. The van der Waals surface area contributed by atoms with E-state index in [4.69, 9.17) is 0 Å². The predicted octanol–water partition coefficient (Wildman–Crippen LogP) is 0.757. The van der Waals surface area contributed by atoms with Crippen molar-refractivity contribution in [1.82, 2.24) is 14.9 Å². The smallest absolute Gasteiger partial charge is 0.317 e. The molecule has 1 saturated heterocycles. The third kappa shape index (κ3) is 6.77. The number of piperidine rings is 1. The molecule has 0 aromatic heterocycles. The van der Waals surface area contributed by atoms with Crippen LogP contribution < -0.4 is 10.0 Å². The van der Waals surface area contributed by atoms with Gasteiger partial charge in [0.1, 0.15) is 0 Å². The van der Waals surface area contributed by atoms with E-state index in [-0.39, 0.29) is 11.9 Å². The van der Waals surface area contributed by atoms with E-state index in [1.54, 1.807) is 4.90 Å². The number of amides is 2. The van der Waals surface area contributed by atoms with Gasteiger partial charge in [-0.1, -0.05) is 13.3 Å². The van der Waals surface area contributed by atoms with Crippen LogP contribution >= 0.6 is 0 Å². The van der Waals surface area contributed by atoms with Gasteiger partial charge in [-0.2, -0.15) is 0 Å². The molecule has 112 valence electrons. The minimum atomic E-state index is -3.15. The molecule has 2 amide bonds. The van der Waals surface area contributed by atoms with Gasteiger partial charge in [0.15, 0.2) is 0 Å². The highest BCUT2D eigenvalue weighted by Crippen LogP contribution is 2.15. The van der Waals surface area contributed by atoms with Gasteiger partial charge >= 0.3 is 6.03 Å². The average molecular weight is 291 g/mol. The minimum absolute atomic E-state index is 0.0301. The number of carbonyl (C=O) groups excluding carboxylic acids is 1. The highest BCUT2D eigenvalue weighted by Gasteiger charge is 2.23. The lowest BCUT2D eigenvalue weighted by Crippen LogP contribution is -2.47. The maximum absolute atomic E-state index is 11.9. The topological polar surface area (TPSA) is 78.5 Å². The zero-order chi connectivity index (χ0) is 14.3. The van der Waals surface area contributed by atoms with Gasteiger partial charge in [-0.3, -0.25) is 0 Å². The lowest BCUT2D eigenvalue weighted by Gasteiger charge is -2.32. The first-order valence-corrected chi connectivity index (χ1v) is 8.79. The number of nitrogens with one attached hydrogen (secondary N) is 2. The first kappa shape index (κ1) is 16.2. The van der Waals surface area contributed by atoms with Crippen LogP contribution in [0, 0.1) is 5.92 Å². The largest absolute Gasteiger partial charge is 0.338 e. The molecule has 0 aliphatic carbocycles. The van der Waals surface area contributed by atoms with Gasteiger partial charge in [-0.05, 0) is 25.2 Å². The summed E-state index contributed by atoms with van der Waals surface area (Å²) in [4.78, 5) is 13.7. The molecule has 1 atom stereocenters. The highest BCUT2D eigenvalue weighted by atomic mass is 32.2. The summed E-state index contributed by atoms with van der Waals surface area (Å²) in [5.74, 6) is 0.209. The Morgan fingerprint density at radius 2 is 2.16 bits per heavy atom. The molecule has 7 heteroatoms. The van der Waals surface area contributed by atoms with Gasteiger partial charge in [0, 0.05) is 26.2 Å². The Hall–Kier alpha value is -0.820. The summed E-state index contributed by atoms with van der Waals surface area (Å²) >= 11 is 0. The van der Waals surface area contributed by atoms with E-state index >= 15 is 0 Å². The molecule has 0 radical (unpaired) electrons. The molecule has 1 rings (SSSR count). The van der Waals surface area contributed by atoms with E-state index in [2.05, 4.69) is 17.0 Å². The number of urea groups is 1. The summed E-state index contributed by atoms with van der Waals surface area (Å²) in [6.45, 7) is 4.59. The molecule has 19 heavy (non-hydrogen) atoms. The van der Waals surface area contributed by atoms with Crippen LogP contribution in [-0.2, 0) is 10.0 Å². The zero-order valence-electron chi connectivity index (χ0n) is 11.8. The Kier molecular flexibility index (Phi) is 6.57. The van der Waals surface area contributed by atoms with Gasteiger partial charge in [-0.25, -0.2) is 17.9 Å². The summed E-state index contributed by atoms with van der Waals surface area (Å²) < 4.78 is 24.6. The molecule has 0 bridgehead atoms. The minimum Gasteiger partial charge on any atom is -0.338 e. The van der Waals surface area contributed by atoms with Crippen LogP contribution in [0.5, 0.6) is 0 Å². The number of carbonyl (C=O) groups is 1. The van der Waals surface area contributed by atoms with Crippen LogP contribution in [0.1, 0.15) is 32.6 Å². The van der Waals surface area contributed by atoms with Crippen LogP contribution in [0.4, 0.5) is 4.79 Å². The van der Waals surface area contributed by atoms with Crippen molar-refractivity contribution in [2.45, 2.75) is 32.6 Å². The Morgan fingerprint density at radius 1 is 1.42 bits per heavy atom. The van der Waals surface area contributed by atoms with Crippen LogP contribution in [0.2, 0.25) is 0 Å². The van der Waals surface area contributed by atoms with Crippen LogP contribution in [0.15, 0.2) is 0 Å². The first-order valence-electron chi connectivity index (χ1n) is 6.89. The summed E-state index contributed by atoms with van der Waals surface area (Å²) in [5, 5.41) is 2.89. The van der Waals surface area contributed by atoms with Crippen molar-refractivity contribution in [3.8, 4) is 0 Å². The number of hydrogen-bond donors (Lipinski definition) is 2. The van der Waals surface area contributed by atoms with E-state index in [1.165, 1.54) is 0 Å². The second kappa shape index (κ2) is 7.69. The van der Waals surface area contributed by atoms with E-state index in [9.17, 15) is 13.2 Å². The third-order valence-corrected chi connectivity index (χ3v) is 3.94. The van der Waals surface area contributed by atoms with Crippen molar-refractivity contribution in [3.63, 3.8) is 0 Å². The third-order valence-electron chi connectivity index (χ3n) is 3.25. The number of rotatable bonds is 6. The molecule has 0 aromatic carbocycles. The van der Waals surface area contributed by atoms with Crippen molar-refractivity contribution in [1.29, 1.82) is 0 Å². The van der Waals surface area contributed by atoms with Gasteiger partial charge in [0.25, 0.3) is 0 Å². The molecule has 1 heterocycles. The van der Waals surface area contributed by atoms with Gasteiger partial charge in [0.05, 0.1) is 6.26 Å². The Labute approximate surface area is 116 Å². The first-order chi connectivity index (χ1) is 8.92. The van der Waals surface area contributed by atoms with Gasteiger partial charge in [-0.15, -0.1) is 0 Å². The molecule has 0 aromatic rings. The fraction of sp³-hybridized carbons (Fsp3) is 0.917. The lowest BCUT2D eigenvalue weighted by atomic mass is 9.99. The maximum Gasteiger partial charge on any atom is 0.317 e. The molecule has 1 fully saturated rings. The molecule has 1 aliphatic heterocycles. The molecule has 1 aliphatic rings. The normalized spacial score (nSPS) is 20.3. The molecule has 6 nitrogen and oxygen atoms in total. The molecular formula is C12H25N3O3S. The van der Waals surface area contributed by atoms with E-state index < -0.39 is 10.0 Å². The standard InChI is InChI=1S/C12H25N3O3S/c1-3-4-7-13-12(16)15-8-5-6-11(10-15)9-14-19(2,17)18/h11,14H,3-10H2,1-2H3,(H,13,16)/t11-/m1/s1. The van der Waals surface area contributed by atoms with E-state index in [0.717, 1.165) is 38.5 Å². The number of likely N-dealkylation sites (tertiary alicyclic amines) is 1. The van der Waals surface area contributed by atoms with Gasteiger partial charge < -0.3 is 10.2 Å². The van der Waals surface area contributed by atoms with Crippen molar-refractivity contribution < 1.29 is 13.2 Å². The van der Waals surface area contributed by atoms with Crippen LogP contribution in [0.3, 0.4) is 0 Å². The lowest BCUT2D eigenvalue weighted by molar-refractivity contribution is 0.166. The van der Waals surface area contributed by atoms with Crippen molar-refractivity contribution in [2.75, 3.05) is 32.4 Å². The Morgan fingerprint density at radius 3 is 2.79 bits per heavy atom. The van der Waals surface area contributed by atoms with E-state index in [0.29, 0.717) is 19.6 Å². The molecule has 0 spiro atoms. The Bertz CT molecular complexity index is 384. The van der Waals surface area contributed by atoms with Crippen LogP contribution in [-0.4, -0.2) is 51.8 Å². The fourth-order valence-corrected chi connectivity index (χ4v) is 2.71. The molecule has 0 unspecified atom stereocenters. The fourth-order valence-electron chi connectivity index (χ4n) is 2.17. The number of unbranched alkanes of at least 4 members (excludes halogenated alkanes) is 1. The number of nitrogens with zero attached hydrogens (tertiary/aromatic N) is 1. The highest BCUT2D eigenvalue weighted by molar-refractivity contribution is 7.88. The van der Waals surface area contributed by atoms with Crippen molar-refractivity contribution in [3.05, 3.63) is 0 Å². The average Bonchev–Trinajstić information content (AvgIpc) is 2.36. The van der Waals surface area contributed by atoms with E-state index in [1.807, 2.05) is 0 Å².